The van der Waals surface area contributed by atoms with E-state index in [1.807, 2.05) is 0 Å². The van der Waals surface area contributed by atoms with Gasteiger partial charge in [-0.25, -0.2) is 14.3 Å². The highest BCUT2D eigenvalue weighted by molar-refractivity contribution is 5.96. The number of alkyl halides is 3. The summed E-state index contributed by atoms with van der Waals surface area (Å²) < 4.78 is 45.6. The Morgan fingerprint density at radius 3 is 2.56 bits per heavy atom. The highest BCUT2D eigenvalue weighted by atomic mass is 19.4. The second kappa shape index (κ2) is 6.08. The van der Waals surface area contributed by atoms with Gasteiger partial charge in [0, 0.05) is 5.56 Å². The number of aromatic nitrogens is 3. The third kappa shape index (κ3) is 3.12. The molecule has 0 saturated carbocycles. The fraction of sp³-hybridized carbons (Fsp3) is 0.188. The molecule has 0 radical (unpaired) electrons. The van der Waals surface area contributed by atoms with Crippen molar-refractivity contribution in [2.45, 2.75) is 13.1 Å². The molecule has 3 rings (SSSR count). The lowest BCUT2D eigenvalue weighted by Crippen LogP contribution is -2.14. The minimum absolute atomic E-state index is 0.00845. The van der Waals surface area contributed by atoms with Gasteiger partial charge in [0.25, 0.3) is 0 Å². The third-order valence-corrected chi connectivity index (χ3v) is 3.42. The van der Waals surface area contributed by atoms with Crippen LogP contribution >= 0.6 is 0 Å². The molecule has 3 aromatic rings. The Labute approximate surface area is 139 Å². The number of aromatic hydroxyl groups is 1. The molecule has 0 aliphatic carbocycles. The zero-order valence-corrected chi connectivity index (χ0v) is 12.9. The molecule has 0 aliphatic heterocycles. The van der Waals surface area contributed by atoms with Gasteiger partial charge < -0.3 is 9.84 Å². The van der Waals surface area contributed by atoms with Gasteiger partial charge in [-0.05, 0) is 37.3 Å². The zero-order chi connectivity index (χ0) is 18.2. The summed E-state index contributed by atoms with van der Waals surface area (Å²) >= 11 is 0. The molecular formula is C16H12F3N3O3. The highest BCUT2D eigenvalue weighted by Crippen LogP contribution is 2.33. The summed E-state index contributed by atoms with van der Waals surface area (Å²) in [6, 6.07) is 6.35. The number of benzene rings is 1. The summed E-state index contributed by atoms with van der Waals surface area (Å²) in [6.45, 7) is 1.65. The fourth-order valence-corrected chi connectivity index (χ4v) is 2.30. The molecule has 6 nitrogen and oxygen atoms in total. The first kappa shape index (κ1) is 16.7. The monoisotopic (exact) mass is 351 g/mol. The van der Waals surface area contributed by atoms with Gasteiger partial charge in [-0.2, -0.15) is 18.3 Å². The van der Waals surface area contributed by atoms with Crippen LogP contribution < -0.4 is 0 Å². The average Bonchev–Trinajstić information content (AvgIpc) is 2.97. The topological polar surface area (TPSA) is 76.7 Å². The van der Waals surface area contributed by atoms with Crippen LogP contribution in [0.5, 0.6) is 5.75 Å². The van der Waals surface area contributed by atoms with Crippen molar-refractivity contribution in [3.8, 4) is 17.0 Å². The van der Waals surface area contributed by atoms with E-state index in [1.54, 1.807) is 6.92 Å². The molecule has 0 saturated heterocycles. The lowest BCUT2D eigenvalue weighted by atomic mass is 10.1. The molecule has 9 heteroatoms. The summed E-state index contributed by atoms with van der Waals surface area (Å²) in [6.07, 6.45) is -3.71. The number of esters is 1. The quantitative estimate of drug-likeness (QED) is 0.733. The van der Waals surface area contributed by atoms with Crippen LogP contribution in [0.1, 0.15) is 23.0 Å². The van der Waals surface area contributed by atoms with E-state index in [0.717, 1.165) is 12.3 Å². The van der Waals surface area contributed by atoms with Gasteiger partial charge in [0.15, 0.2) is 11.3 Å². The van der Waals surface area contributed by atoms with Gasteiger partial charge >= 0.3 is 12.1 Å². The van der Waals surface area contributed by atoms with E-state index < -0.39 is 17.8 Å². The second-order valence-electron chi connectivity index (χ2n) is 5.09. The molecule has 1 N–H and O–H groups in total. The van der Waals surface area contributed by atoms with E-state index >= 15 is 0 Å². The number of nitrogens with zero attached hydrogens (tertiary/aromatic N) is 3. The predicted octanol–water partition coefficient (Wildman–Crippen LogP) is 3.30. The molecule has 0 bridgehead atoms. The molecular weight excluding hydrogens is 339 g/mol. The summed E-state index contributed by atoms with van der Waals surface area (Å²) in [5.41, 5.74) is -1.15. The molecule has 0 atom stereocenters. The standard InChI is InChI=1S/C16H12F3N3O3/c1-2-25-15(24)11-8-20-22-13(16(17,18)19)7-12(21-14(11)22)9-3-5-10(23)6-4-9/h3-8,23H,2H2,1H3. The third-order valence-electron chi connectivity index (χ3n) is 3.42. The molecule has 0 amide bonds. The normalized spacial score (nSPS) is 11.7. The molecule has 0 aliphatic rings. The number of hydrogen-bond acceptors (Lipinski definition) is 5. The van der Waals surface area contributed by atoms with Crippen LogP contribution in [0.25, 0.3) is 16.9 Å². The van der Waals surface area contributed by atoms with E-state index in [0.29, 0.717) is 10.1 Å². The average molecular weight is 351 g/mol. The van der Waals surface area contributed by atoms with Crippen molar-refractivity contribution in [1.29, 1.82) is 0 Å². The Morgan fingerprint density at radius 2 is 1.96 bits per heavy atom. The Balaban J connectivity index is 2.26. The van der Waals surface area contributed by atoms with Gasteiger partial charge in [-0.3, -0.25) is 0 Å². The predicted molar refractivity (Wildman–Crippen MR) is 81.0 cm³/mol. The SMILES string of the molecule is CCOC(=O)c1cnn2c(C(F)(F)F)cc(-c3ccc(O)cc3)nc12. The first-order valence-electron chi connectivity index (χ1n) is 7.23. The Morgan fingerprint density at radius 1 is 1.28 bits per heavy atom. The maximum absolute atomic E-state index is 13.4. The van der Waals surface area contributed by atoms with Gasteiger partial charge in [0.1, 0.15) is 11.3 Å². The maximum Gasteiger partial charge on any atom is 0.433 e. The van der Waals surface area contributed by atoms with Gasteiger partial charge in [0.2, 0.25) is 0 Å². The number of phenolic OH excluding ortho intramolecular Hbond substituents is 1. The molecule has 2 aromatic heterocycles. The molecule has 0 unspecified atom stereocenters. The summed E-state index contributed by atoms with van der Waals surface area (Å²) in [5.74, 6) is -0.835. The number of carbonyl (C=O) groups excluding carboxylic acids is 1. The molecule has 2 heterocycles. The molecule has 1 aromatic carbocycles. The largest absolute Gasteiger partial charge is 0.508 e. The van der Waals surface area contributed by atoms with Crippen molar-refractivity contribution in [1.82, 2.24) is 14.6 Å². The number of fused-ring (bicyclic) bond motifs is 1. The Bertz CT molecular complexity index is 933. The molecule has 25 heavy (non-hydrogen) atoms. The summed E-state index contributed by atoms with van der Waals surface area (Å²) in [4.78, 5) is 16.1. The van der Waals surface area contributed by atoms with Crippen molar-refractivity contribution in [2.75, 3.05) is 6.61 Å². The van der Waals surface area contributed by atoms with E-state index in [-0.39, 0.29) is 29.3 Å². The molecule has 0 fully saturated rings. The van der Waals surface area contributed by atoms with Crippen LogP contribution in [0.2, 0.25) is 0 Å². The number of phenols is 1. The fourth-order valence-electron chi connectivity index (χ4n) is 2.30. The minimum Gasteiger partial charge on any atom is -0.508 e. The lowest BCUT2D eigenvalue weighted by Gasteiger charge is -2.11. The summed E-state index contributed by atoms with van der Waals surface area (Å²) in [7, 11) is 0. The van der Waals surface area contributed by atoms with Crippen LogP contribution in [-0.2, 0) is 10.9 Å². The number of rotatable bonds is 3. The van der Waals surface area contributed by atoms with Crippen molar-refractivity contribution in [3.05, 3.63) is 47.8 Å². The van der Waals surface area contributed by atoms with Crippen LogP contribution in [0.3, 0.4) is 0 Å². The lowest BCUT2D eigenvalue weighted by molar-refractivity contribution is -0.142. The van der Waals surface area contributed by atoms with Crippen molar-refractivity contribution >= 4 is 11.6 Å². The zero-order valence-electron chi connectivity index (χ0n) is 12.9. The Hall–Kier alpha value is -3.10. The number of ether oxygens (including phenoxy) is 1. The smallest absolute Gasteiger partial charge is 0.433 e. The van der Waals surface area contributed by atoms with E-state index in [9.17, 15) is 23.1 Å². The molecule has 0 spiro atoms. The highest BCUT2D eigenvalue weighted by Gasteiger charge is 2.36. The van der Waals surface area contributed by atoms with Gasteiger partial charge in [-0.15, -0.1) is 0 Å². The first-order chi connectivity index (χ1) is 11.8. The second-order valence-corrected chi connectivity index (χ2v) is 5.09. The van der Waals surface area contributed by atoms with Gasteiger partial charge in [-0.1, -0.05) is 0 Å². The number of halogens is 3. The van der Waals surface area contributed by atoms with E-state index in [1.165, 1.54) is 24.3 Å². The van der Waals surface area contributed by atoms with Crippen LogP contribution in [-0.4, -0.2) is 32.3 Å². The minimum atomic E-state index is -4.70. The molecule has 130 valence electrons. The van der Waals surface area contributed by atoms with E-state index in [2.05, 4.69) is 10.1 Å². The van der Waals surface area contributed by atoms with Crippen molar-refractivity contribution in [2.24, 2.45) is 0 Å². The van der Waals surface area contributed by atoms with E-state index in [4.69, 9.17) is 4.74 Å². The summed E-state index contributed by atoms with van der Waals surface area (Å²) in [5, 5.41) is 13.0. The van der Waals surface area contributed by atoms with Crippen LogP contribution in [0.4, 0.5) is 13.2 Å². The van der Waals surface area contributed by atoms with Crippen molar-refractivity contribution in [3.63, 3.8) is 0 Å². The number of hydrogen-bond donors (Lipinski definition) is 1. The van der Waals surface area contributed by atoms with Crippen LogP contribution in [0.15, 0.2) is 36.5 Å². The number of carbonyl (C=O) groups is 1. The van der Waals surface area contributed by atoms with Gasteiger partial charge in [0.05, 0.1) is 18.5 Å². The van der Waals surface area contributed by atoms with Crippen LogP contribution in [0, 0.1) is 0 Å². The maximum atomic E-state index is 13.4. The Kier molecular flexibility index (Phi) is 4.07. The first-order valence-corrected chi connectivity index (χ1v) is 7.23. The van der Waals surface area contributed by atoms with Crippen molar-refractivity contribution < 1.29 is 27.8 Å².